The van der Waals surface area contributed by atoms with Crippen molar-refractivity contribution < 1.29 is 13.9 Å². The molecular weight excluding hydrogens is 269 g/mol. The topological polar surface area (TPSA) is 38.3 Å². The minimum Gasteiger partial charge on any atom is -0.467 e. The van der Waals surface area contributed by atoms with Crippen LogP contribution in [0.5, 0.6) is 0 Å². The molecular formula is C17H18FNO2. The molecule has 0 spiro atoms. The van der Waals surface area contributed by atoms with Crippen LogP contribution in [0.25, 0.3) is 0 Å². The molecule has 0 heterocycles. The van der Waals surface area contributed by atoms with E-state index < -0.39 is 12.0 Å². The molecule has 2 aromatic rings. The van der Waals surface area contributed by atoms with Gasteiger partial charge < -0.3 is 10.1 Å². The first kappa shape index (κ1) is 15.0. The average Bonchev–Trinajstić information content (AvgIpc) is 2.52. The van der Waals surface area contributed by atoms with Gasteiger partial charge in [-0.05, 0) is 35.7 Å². The Bertz CT molecular complexity index is 628. The number of aryl methyl sites for hydroxylation is 1. The Kier molecular flexibility index (Phi) is 4.93. The Morgan fingerprint density at radius 2 is 2.00 bits per heavy atom. The van der Waals surface area contributed by atoms with Gasteiger partial charge in [-0.2, -0.15) is 0 Å². The van der Waals surface area contributed by atoms with Gasteiger partial charge in [-0.1, -0.05) is 37.3 Å². The maximum atomic E-state index is 13.3. The lowest BCUT2D eigenvalue weighted by atomic mass is 9.98. The summed E-state index contributed by atoms with van der Waals surface area (Å²) in [6, 6.07) is 13.0. The van der Waals surface area contributed by atoms with Gasteiger partial charge in [-0.3, -0.25) is 0 Å². The summed E-state index contributed by atoms with van der Waals surface area (Å²) in [6.07, 6.45) is 0.800. The number of benzene rings is 2. The van der Waals surface area contributed by atoms with E-state index in [2.05, 4.69) is 5.32 Å². The highest BCUT2D eigenvalue weighted by Gasteiger charge is 2.23. The molecule has 2 rings (SSSR count). The van der Waals surface area contributed by atoms with Crippen molar-refractivity contribution in [2.75, 3.05) is 12.4 Å². The van der Waals surface area contributed by atoms with E-state index >= 15 is 0 Å². The van der Waals surface area contributed by atoms with Gasteiger partial charge in [0.15, 0.2) is 6.04 Å². The number of ether oxygens (including phenoxy) is 1. The number of hydrogen-bond acceptors (Lipinski definition) is 3. The molecule has 1 N–H and O–H groups in total. The van der Waals surface area contributed by atoms with E-state index in [1.54, 1.807) is 12.1 Å². The van der Waals surface area contributed by atoms with E-state index in [9.17, 15) is 9.18 Å². The summed E-state index contributed by atoms with van der Waals surface area (Å²) < 4.78 is 18.2. The number of hydrogen-bond donors (Lipinski definition) is 1. The third kappa shape index (κ3) is 3.60. The van der Waals surface area contributed by atoms with Gasteiger partial charge in [0.1, 0.15) is 5.82 Å². The summed E-state index contributed by atoms with van der Waals surface area (Å²) in [6.45, 7) is 2.02. The zero-order valence-electron chi connectivity index (χ0n) is 12.1. The molecule has 0 aliphatic carbocycles. The molecule has 0 amide bonds. The predicted molar refractivity (Wildman–Crippen MR) is 80.6 cm³/mol. The van der Waals surface area contributed by atoms with Gasteiger partial charge in [-0.15, -0.1) is 0 Å². The fourth-order valence-corrected chi connectivity index (χ4v) is 2.26. The Labute approximate surface area is 123 Å². The number of halogens is 1. The summed E-state index contributed by atoms with van der Waals surface area (Å²) in [7, 11) is 1.34. The number of anilines is 1. The van der Waals surface area contributed by atoms with Gasteiger partial charge in [0, 0.05) is 5.69 Å². The van der Waals surface area contributed by atoms with Gasteiger partial charge >= 0.3 is 5.97 Å². The SMILES string of the molecule is CCc1ccccc1C(Nc1cccc(F)c1)C(=O)OC. The molecule has 0 fully saturated rings. The number of nitrogens with one attached hydrogen (secondary N) is 1. The summed E-state index contributed by atoms with van der Waals surface area (Å²) in [5, 5.41) is 3.05. The van der Waals surface area contributed by atoms with Crippen LogP contribution in [0, 0.1) is 5.82 Å². The molecule has 0 aliphatic rings. The fourth-order valence-electron chi connectivity index (χ4n) is 2.26. The maximum absolute atomic E-state index is 13.3. The summed E-state index contributed by atoms with van der Waals surface area (Å²) >= 11 is 0. The van der Waals surface area contributed by atoms with Gasteiger partial charge in [0.05, 0.1) is 7.11 Å². The quantitative estimate of drug-likeness (QED) is 0.852. The monoisotopic (exact) mass is 287 g/mol. The van der Waals surface area contributed by atoms with Crippen LogP contribution < -0.4 is 5.32 Å². The highest BCUT2D eigenvalue weighted by molar-refractivity contribution is 5.81. The number of carbonyl (C=O) groups is 1. The van der Waals surface area contributed by atoms with Crippen LogP contribution >= 0.6 is 0 Å². The summed E-state index contributed by atoms with van der Waals surface area (Å²) in [5.41, 5.74) is 2.43. The molecule has 3 nitrogen and oxygen atoms in total. The highest BCUT2D eigenvalue weighted by atomic mass is 19.1. The summed E-state index contributed by atoms with van der Waals surface area (Å²) in [5.74, 6) is -0.757. The van der Waals surface area contributed by atoms with Crippen LogP contribution in [0.1, 0.15) is 24.1 Å². The number of rotatable bonds is 5. The van der Waals surface area contributed by atoms with Crippen LogP contribution in [0.15, 0.2) is 48.5 Å². The van der Waals surface area contributed by atoms with E-state index in [0.717, 1.165) is 17.5 Å². The van der Waals surface area contributed by atoms with Crippen LogP contribution in [0.2, 0.25) is 0 Å². The lowest BCUT2D eigenvalue weighted by Gasteiger charge is -2.20. The molecule has 0 saturated heterocycles. The van der Waals surface area contributed by atoms with Gasteiger partial charge in [-0.25, -0.2) is 9.18 Å². The third-order valence-corrected chi connectivity index (χ3v) is 3.32. The second kappa shape index (κ2) is 6.88. The average molecular weight is 287 g/mol. The standard InChI is InChI=1S/C17H18FNO2/c1-3-12-7-4-5-10-15(12)16(17(20)21-2)19-14-9-6-8-13(18)11-14/h4-11,16,19H,3H2,1-2H3. The van der Waals surface area contributed by atoms with Crippen molar-refractivity contribution in [1.29, 1.82) is 0 Å². The lowest BCUT2D eigenvalue weighted by molar-refractivity contribution is -0.141. The third-order valence-electron chi connectivity index (χ3n) is 3.32. The number of esters is 1. The van der Waals surface area contributed by atoms with E-state index in [0.29, 0.717) is 5.69 Å². The first-order valence-corrected chi connectivity index (χ1v) is 6.83. The largest absolute Gasteiger partial charge is 0.467 e. The fraction of sp³-hybridized carbons (Fsp3) is 0.235. The van der Waals surface area contributed by atoms with Crippen molar-refractivity contribution >= 4 is 11.7 Å². The first-order valence-electron chi connectivity index (χ1n) is 6.83. The maximum Gasteiger partial charge on any atom is 0.332 e. The first-order chi connectivity index (χ1) is 10.2. The number of methoxy groups -OCH3 is 1. The number of carbonyl (C=O) groups excluding carboxylic acids is 1. The molecule has 4 heteroatoms. The molecule has 0 saturated carbocycles. The predicted octanol–water partition coefficient (Wildman–Crippen LogP) is 3.71. The molecule has 0 aliphatic heterocycles. The van der Waals surface area contributed by atoms with Crippen LogP contribution in [0.3, 0.4) is 0 Å². The Hall–Kier alpha value is -2.36. The second-order valence-corrected chi connectivity index (χ2v) is 4.66. The molecule has 110 valence electrons. The molecule has 21 heavy (non-hydrogen) atoms. The van der Waals surface area contributed by atoms with Crippen molar-refractivity contribution in [1.82, 2.24) is 0 Å². The molecule has 1 atom stereocenters. The lowest BCUT2D eigenvalue weighted by Crippen LogP contribution is -2.23. The summed E-state index contributed by atoms with van der Waals surface area (Å²) in [4.78, 5) is 12.1. The van der Waals surface area contributed by atoms with Crippen molar-refractivity contribution in [3.05, 3.63) is 65.5 Å². The van der Waals surface area contributed by atoms with Crippen LogP contribution in [-0.2, 0) is 16.0 Å². The second-order valence-electron chi connectivity index (χ2n) is 4.66. The zero-order valence-corrected chi connectivity index (χ0v) is 12.1. The van der Waals surface area contributed by atoms with Crippen LogP contribution in [-0.4, -0.2) is 13.1 Å². The molecule has 1 unspecified atom stereocenters. The van der Waals surface area contributed by atoms with E-state index in [1.165, 1.54) is 19.2 Å². The van der Waals surface area contributed by atoms with E-state index in [4.69, 9.17) is 4.74 Å². The molecule has 0 aromatic heterocycles. The smallest absolute Gasteiger partial charge is 0.332 e. The molecule has 0 radical (unpaired) electrons. The minimum absolute atomic E-state index is 0.354. The van der Waals surface area contributed by atoms with Crippen LogP contribution in [0.4, 0.5) is 10.1 Å². The molecule has 0 bridgehead atoms. The normalized spacial score (nSPS) is 11.8. The van der Waals surface area contributed by atoms with Crippen molar-refractivity contribution in [2.45, 2.75) is 19.4 Å². The Balaban J connectivity index is 2.37. The van der Waals surface area contributed by atoms with Crippen molar-refractivity contribution in [3.8, 4) is 0 Å². The van der Waals surface area contributed by atoms with Crippen molar-refractivity contribution in [2.24, 2.45) is 0 Å². The van der Waals surface area contributed by atoms with E-state index in [-0.39, 0.29) is 5.82 Å². The van der Waals surface area contributed by atoms with Crippen molar-refractivity contribution in [3.63, 3.8) is 0 Å². The van der Waals surface area contributed by atoms with Gasteiger partial charge in [0.2, 0.25) is 0 Å². The Morgan fingerprint density at radius 1 is 1.24 bits per heavy atom. The zero-order chi connectivity index (χ0) is 15.2. The molecule has 2 aromatic carbocycles. The highest BCUT2D eigenvalue weighted by Crippen LogP contribution is 2.24. The Morgan fingerprint density at radius 3 is 2.67 bits per heavy atom. The minimum atomic E-state index is -0.659. The van der Waals surface area contributed by atoms with E-state index in [1.807, 2.05) is 31.2 Å². The van der Waals surface area contributed by atoms with Gasteiger partial charge in [0.25, 0.3) is 0 Å².